The third-order valence-electron chi connectivity index (χ3n) is 5.14. The third-order valence-corrected chi connectivity index (χ3v) is 6.18. The Kier molecular flexibility index (Phi) is 8.40. The highest BCUT2D eigenvalue weighted by atomic mass is 32.2. The van der Waals surface area contributed by atoms with Crippen molar-refractivity contribution in [3.63, 3.8) is 0 Å². The Balaban J connectivity index is 1.85. The predicted octanol–water partition coefficient (Wildman–Crippen LogP) is 5.20. The predicted molar refractivity (Wildman–Crippen MR) is 124 cm³/mol. The van der Waals surface area contributed by atoms with Crippen molar-refractivity contribution >= 4 is 23.7 Å². The van der Waals surface area contributed by atoms with Crippen LogP contribution in [0, 0.1) is 0 Å². The first-order chi connectivity index (χ1) is 15.1. The van der Waals surface area contributed by atoms with E-state index in [4.69, 9.17) is 9.47 Å². The normalized spacial score (nSPS) is 15.4. The molecule has 1 N–H and O–H groups in total. The summed E-state index contributed by atoms with van der Waals surface area (Å²) >= 11 is 1.61. The monoisotopic (exact) mass is 444 g/mol. The fourth-order valence-corrected chi connectivity index (χ4v) is 4.22. The van der Waals surface area contributed by atoms with Crippen LogP contribution >= 0.6 is 11.8 Å². The zero-order valence-corrected chi connectivity index (χ0v) is 19.6. The number of ether oxygens (including phenoxy) is 2. The molecule has 3 rings (SSSR count). The van der Waals surface area contributed by atoms with Crippen LogP contribution in [0.15, 0.2) is 40.7 Å². The summed E-state index contributed by atoms with van der Waals surface area (Å²) in [4.78, 5) is 17.2. The average Bonchev–Trinajstić information content (AvgIpc) is 3.19. The van der Waals surface area contributed by atoms with Crippen molar-refractivity contribution < 1.29 is 14.3 Å². The molecule has 0 radical (unpaired) electrons. The summed E-state index contributed by atoms with van der Waals surface area (Å²) in [6, 6.07) is 7.46. The van der Waals surface area contributed by atoms with Crippen molar-refractivity contribution in [3.05, 3.63) is 41.1 Å². The summed E-state index contributed by atoms with van der Waals surface area (Å²) < 4.78 is 12.7. The second-order valence-corrected chi connectivity index (χ2v) is 8.61. The van der Waals surface area contributed by atoms with E-state index in [1.165, 1.54) is 26.4 Å². The molecule has 168 valence electrons. The van der Waals surface area contributed by atoms with Crippen LogP contribution in [0.1, 0.15) is 64.5 Å². The van der Waals surface area contributed by atoms with Gasteiger partial charge in [0.25, 0.3) is 0 Å². The Hall–Kier alpha value is -2.48. The van der Waals surface area contributed by atoms with Gasteiger partial charge < -0.3 is 14.8 Å². The quantitative estimate of drug-likeness (QED) is 0.290. The summed E-state index contributed by atoms with van der Waals surface area (Å²) in [6.45, 7) is 6.90. The minimum atomic E-state index is -0.411. The fraction of sp³-hybridized carbons (Fsp3) is 0.522. The van der Waals surface area contributed by atoms with Crippen molar-refractivity contribution in [1.82, 2.24) is 14.8 Å². The van der Waals surface area contributed by atoms with Gasteiger partial charge in [0.05, 0.1) is 19.3 Å². The molecule has 2 heterocycles. The van der Waals surface area contributed by atoms with Crippen LogP contribution in [0.2, 0.25) is 0 Å². The smallest absolute Gasteiger partial charge is 0.338 e. The lowest BCUT2D eigenvalue weighted by Gasteiger charge is -2.27. The van der Waals surface area contributed by atoms with Crippen LogP contribution in [0.25, 0.3) is 0 Å². The van der Waals surface area contributed by atoms with Crippen molar-refractivity contribution in [2.45, 2.75) is 64.1 Å². The third kappa shape index (κ3) is 5.61. The number of fused-ring (bicyclic) bond motifs is 1. The van der Waals surface area contributed by atoms with Crippen molar-refractivity contribution in [1.29, 1.82) is 0 Å². The van der Waals surface area contributed by atoms with Gasteiger partial charge in [0, 0.05) is 11.4 Å². The number of unbranched alkanes of at least 4 members (excludes halogenated alkanes) is 3. The van der Waals surface area contributed by atoms with Crippen molar-refractivity contribution in [2.75, 3.05) is 24.8 Å². The van der Waals surface area contributed by atoms with Gasteiger partial charge in [-0.2, -0.15) is 4.98 Å². The zero-order valence-electron chi connectivity index (χ0n) is 18.8. The summed E-state index contributed by atoms with van der Waals surface area (Å²) in [5, 5.41) is 8.58. The number of methoxy groups -OCH3 is 1. The molecular formula is C23H32N4O3S. The maximum absolute atomic E-state index is 12.6. The Bertz CT molecular complexity index is 908. The summed E-state index contributed by atoms with van der Waals surface area (Å²) in [5.41, 5.74) is 2.18. The maximum Gasteiger partial charge on any atom is 0.338 e. The van der Waals surface area contributed by atoms with Crippen LogP contribution in [-0.2, 0) is 9.53 Å². The molecule has 0 spiro atoms. The van der Waals surface area contributed by atoms with E-state index in [1.807, 2.05) is 31.2 Å². The lowest BCUT2D eigenvalue weighted by atomic mass is 9.96. The first kappa shape index (κ1) is 23.2. The number of nitrogens with one attached hydrogen (secondary N) is 1. The highest BCUT2D eigenvalue weighted by Gasteiger charge is 2.34. The Morgan fingerprint density at radius 2 is 1.94 bits per heavy atom. The van der Waals surface area contributed by atoms with Gasteiger partial charge in [-0.1, -0.05) is 57.0 Å². The number of thioether (sulfide) groups is 1. The first-order valence-electron chi connectivity index (χ1n) is 11.0. The number of anilines is 1. The van der Waals surface area contributed by atoms with Crippen LogP contribution < -0.4 is 10.1 Å². The van der Waals surface area contributed by atoms with Gasteiger partial charge in [0.2, 0.25) is 11.1 Å². The fourth-order valence-electron chi connectivity index (χ4n) is 3.53. The number of hydrogen-bond acceptors (Lipinski definition) is 7. The molecule has 7 nitrogen and oxygen atoms in total. The van der Waals surface area contributed by atoms with Crippen LogP contribution in [0.5, 0.6) is 5.75 Å². The molecule has 1 aromatic heterocycles. The molecule has 0 saturated heterocycles. The van der Waals surface area contributed by atoms with Crippen LogP contribution in [-0.4, -0.2) is 40.2 Å². The molecule has 0 aliphatic carbocycles. The minimum absolute atomic E-state index is 0.379. The number of carbonyl (C=O) groups is 1. The molecule has 0 fully saturated rings. The molecule has 1 aliphatic rings. The highest BCUT2D eigenvalue weighted by molar-refractivity contribution is 7.99. The number of esters is 1. The first-order valence-corrected chi connectivity index (χ1v) is 12.0. The molecule has 31 heavy (non-hydrogen) atoms. The molecule has 2 aromatic rings. The van der Waals surface area contributed by atoms with E-state index in [0.29, 0.717) is 23.3 Å². The molecular weight excluding hydrogens is 412 g/mol. The second kappa shape index (κ2) is 11.2. The summed E-state index contributed by atoms with van der Waals surface area (Å²) in [6.07, 6.45) is 5.72. The molecule has 1 aromatic carbocycles. The Labute approximate surface area is 188 Å². The number of nitrogens with zero attached hydrogens (tertiary/aromatic N) is 3. The number of allylic oxidation sites excluding steroid dienone is 1. The maximum atomic E-state index is 12.6. The molecule has 1 atom stereocenters. The molecule has 0 amide bonds. The van der Waals surface area contributed by atoms with Gasteiger partial charge in [-0.25, -0.2) is 9.48 Å². The number of benzene rings is 1. The molecule has 1 aliphatic heterocycles. The van der Waals surface area contributed by atoms with Gasteiger partial charge in [0.15, 0.2) is 0 Å². The standard InChI is InChI=1S/C23H32N4O3S/c1-5-7-8-9-14-30-18-12-10-17(11-13-18)20-19(21(28)29-4)16(3)24-22-25-23(26-27(20)22)31-15-6-2/h10-13,20H,5-9,14-15H2,1-4H3,(H,24,25,26). The van der Waals surface area contributed by atoms with Gasteiger partial charge in [-0.15, -0.1) is 5.10 Å². The Morgan fingerprint density at radius 3 is 2.61 bits per heavy atom. The lowest BCUT2D eigenvalue weighted by Crippen LogP contribution is -2.29. The van der Waals surface area contributed by atoms with E-state index in [2.05, 4.69) is 29.2 Å². The summed E-state index contributed by atoms with van der Waals surface area (Å²) in [5.74, 6) is 2.02. The molecule has 0 saturated carbocycles. The van der Waals surface area contributed by atoms with Crippen LogP contribution in [0.4, 0.5) is 5.95 Å². The number of aromatic nitrogens is 3. The van der Waals surface area contributed by atoms with E-state index in [0.717, 1.165) is 35.6 Å². The van der Waals surface area contributed by atoms with Gasteiger partial charge >= 0.3 is 5.97 Å². The SMILES string of the molecule is CCCCCCOc1ccc(C2C(C(=O)OC)=C(C)Nc3nc(SCCC)nn32)cc1. The molecule has 8 heteroatoms. The molecule has 1 unspecified atom stereocenters. The average molecular weight is 445 g/mol. The largest absolute Gasteiger partial charge is 0.494 e. The highest BCUT2D eigenvalue weighted by Crippen LogP contribution is 2.37. The van der Waals surface area contributed by atoms with E-state index < -0.39 is 6.04 Å². The van der Waals surface area contributed by atoms with Gasteiger partial charge in [0.1, 0.15) is 11.8 Å². The van der Waals surface area contributed by atoms with E-state index in [1.54, 1.807) is 16.4 Å². The van der Waals surface area contributed by atoms with Crippen LogP contribution in [0.3, 0.4) is 0 Å². The molecule has 0 bridgehead atoms. The topological polar surface area (TPSA) is 78.3 Å². The van der Waals surface area contributed by atoms with E-state index in [9.17, 15) is 4.79 Å². The van der Waals surface area contributed by atoms with Gasteiger partial charge in [-0.3, -0.25) is 0 Å². The number of carbonyl (C=O) groups excluding carboxylic acids is 1. The summed E-state index contributed by atoms with van der Waals surface area (Å²) in [7, 11) is 1.40. The van der Waals surface area contributed by atoms with E-state index in [-0.39, 0.29) is 5.97 Å². The lowest BCUT2D eigenvalue weighted by molar-refractivity contribution is -0.136. The minimum Gasteiger partial charge on any atom is -0.494 e. The second-order valence-electron chi connectivity index (χ2n) is 7.55. The van der Waals surface area contributed by atoms with E-state index >= 15 is 0 Å². The van der Waals surface area contributed by atoms with Crippen molar-refractivity contribution in [3.8, 4) is 5.75 Å². The Morgan fingerprint density at radius 1 is 1.16 bits per heavy atom. The zero-order chi connectivity index (χ0) is 22.2. The number of rotatable bonds is 11. The van der Waals surface area contributed by atoms with Gasteiger partial charge in [-0.05, 0) is 37.5 Å². The van der Waals surface area contributed by atoms with Crippen molar-refractivity contribution in [2.24, 2.45) is 0 Å². The number of hydrogen-bond donors (Lipinski definition) is 1.